The maximum Gasteiger partial charge on any atom is 0.307 e. The first kappa shape index (κ1) is 16.3. The minimum absolute atomic E-state index is 0.0195. The quantitative estimate of drug-likeness (QED) is 0.283. The van der Waals surface area contributed by atoms with Gasteiger partial charge in [-0.15, -0.1) is 0 Å². The van der Waals surface area contributed by atoms with Crippen LogP contribution in [-0.2, 0) is 20.7 Å². The molecular formula is C17H21N3O4. The molecule has 1 aromatic carbocycles. The van der Waals surface area contributed by atoms with Crippen molar-refractivity contribution in [3.8, 4) is 0 Å². The molecule has 2 unspecified atom stereocenters. The molecule has 2 atom stereocenters. The number of nitrogens with zero attached hydrogens (tertiary/aromatic N) is 2. The molecule has 0 aromatic heterocycles. The minimum atomic E-state index is -0.317. The van der Waals surface area contributed by atoms with Gasteiger partial charge in [0.1, 0.15) is 0 Å². The van der Waals surface area contributed by atoms with Gasteiger partial charge in [0.05, 0.1) is 19.6 Å². The number of ether oxygens (including phenoxy) is 1. The SMILES string of the molecule is CN/C(=N\O)c1cccc2c1CC1CC(=O)N(CCC(=O)OC)C21. The predicted octanol–water partition coefficient (Wildman–Crippen LogP) is 1.05. The van der Waals surface area contributed by atoms with E-state index >= 15 is 0 Å². The van der Waals surface area contributed by atoms with Crippen molar-refractivity contribution in [3.05, 3.63) is 34.9 Å². The first-order valence-electron chi connectivity index (χ1n) is 7.99. The molecule has 1 amide bonds. The zero-order valence-electron chi connectivity index (χ0n) is 13.8. The summed E-state index contributed by atoms with van der Waals surface area (Å²) in [7, 11) is 3.05. The largest absolute Gasteiger partial charge is 0.469 e. The van der Waals surface area contributed by atoms with Gasteiger partial charge in [0.25, 0.3) is 0 Å². The van der Waals surface area contributed by atoms with Crippen LogP contribution in [-0.4, -0.2) is 48.5 Å². The Kier molecular flexibility index (Phi) is 4.42. The third-order valence-electron chi connectivity index (χ3n) is 4.91. The van der Waals surface area contributed by atoms with Gasteiger partial charge in [0.2, 0.25) is 5.91 Å². The Morgan fingerprint density at radius 3 is 2.92 bits per heavy atom. The van der Waals surface area contributed by atoms with Crippen LogP contribution in [0.5, 0.6) is 0 Å². The number of benzene rings is 1. The highest BCUT2D eigenvalue weighted by molar-refractivity contribution is 6.00. The highest BCUT2D eigenvalue weighted by Gasteiger charge is 2.46. The number of methoxy groups -OCH3 is 1. The van der Waals surface area contributed by atoms with Gasteiger partial charge in [0, 0.05) is 25.6 Å². The predicted molar refractivity (Wildman–Crippen MR) is 86.7 cm³/mol. The Hall–Kier alpha value is -2.57. The summed E-state index contributed by atoms with van der Waals surface area (Å²) >= 11 is 0. The standard InChI is InChI=1S/C17H21N3O4/c1-18-17(19-23)12-5-3-4-11-13(12)8-10-9-14(21)20(16(10)11)7-6-15(22)24-2/h3-5,10,16,23H,6-9H2,1-2H3,(H,18,19). The van der Waals surface area contributed by atoms with Gasteiger partial charge in [-0.05, 0) is 23.5 Å². The average Bonchev–Trinajstić information content (AvgIpc) is 3.09. The second-order valence-electron chi connectivity index (χ2n) is 6.10. The molecule has 1 aliphatic carbocycles. The molecule has 0 saturated carbocycles. The Morgan fingerprint density at radius 1 is 1.46 bits per heavy atom. The third-order valence-corrected chi connectivity index (χ3v) is 4.91. The van der Waals surface area contributed by atoms with Crippen LogP contribution >= 0.6 is 0 Å². The van der Waals surface area contributed by atoms with E-state index in [0.29, 0.717) is 18.8 Å². The smallest absolute Gasteiger partial charge is 0.307 e. The van der Waals surface area contributed by atoms with Crippen LogP contribution in [0.15, 0.2) is 23.4 Å². The van der Waals surface area contributed by atoms with Crippen LogP contribution in [0.2, 0.25) is 0 Å². The van der Waals surface area contributed by atoms with E-state index in [0.717, 1.165) is 23.1 Å². The van der Waals surface area contributed by atoms with Gasteiger partial charge >= 0.3 is 5.97 Å². The number of amidine groups is 1. The molecule has 0 spiro atoms. The van der Waals surface area contributed by atoms with Crippen molar-refractivity contribution in [3.63, 3.8) is 0 Å². The first-order chi connectivity index (χ1) is 11.6. The lowest BCUT2D eigenvalue weighted by atomic mass is 10.0. The van der Waals surface area contributed by atoms with Crippen LogP contribution in [0.25, 0.3) is 0 Å². The summed E-state index contributed by atoms with van der Waals surface area (Å²) in [5, 5.41) is 15.4. The summed E-state index contributed by atoms with van der Waals surface area (Å²) in [5.74, 6) is 0.375. The summed E-state index contributed by atoms with van der Waals surface area (Å²) in [6.45, 7) is 0.364. The summed E-state index contributed by atoms with van der Waals surface area (Å²) in [4.78, 5) is 25.5. The monoisotopic (exact) mass is 331 g/mol. The summed E-state index contributed by atoms with van der Waals surface area (Å²) in [6.07, 6.45) is 1.43. The van der Waals surface area contributed by atoms with Crippen molar-refractivity contribution in [2.75, 3.05) is 20.7 Å². The van der Waals surface area contributed by atoms with E-state index in [1.54, 1.807) is 11.9 Å². The number of hydrogen-bond donors (Lipinski definition) is 2. The second-order valence-corrected chi connectivity index (χ2v) is 6.10. The van der Waals surface area contributed by atoms with Crippen LogP contribution < -0.4 is 5.32 Å². The number of likely N-dealkylation sites (tertiary alicyclic amines) is 1. The van der Waals surface area contributed by atoms with Crippen molar-refractivity contribution in [2.45, 2.75) is 25.3 Å². The topological polar surface area (TPSA) is 91.2 Å². The normalized spacial score (nSPS) is 22.3. The molecule has 7 nitrogen and oxygen atoms in total. The van der Waals surface area contributed by atoms with Crippen molar-refractivity contribution >= 4 is 17.7 Å². The summed E-state index contributed by atoms with van der Waals surface area (Å²) in [6, 6.07) is 5.80. The van der Waals surface area contributed by atoms with Crippen molar-refractivity contribution in [2.24, 2.45) is 11.1 Å². The van der Waals surface area contributed by atoms with Crippen molar-refractivity contribution in [1.82, 2.24) is 10.2 Å². The Morgan fingerprint density at radius 2 is 2.25 bits per heavy atom. The molecule has 7 heteroatoms. The minimum Gasteiger partial charge on any atom is -0.469 e. The molecule has 1 saturated heterocycles. The average molecular weight is 331 g/mol. The number of carbonyl (C=O) groups excluding carboxylic acids is 2. The Bertz CT molecular complexity index is 701. The number of carbonyl (C=O) groups is 2. The van der Waals surface area contributed by atoms with E-state index in [4.69, 9.17) is 0 Å². The highest BCUT2D eigenvalue weighted by Crippen LogP contribution is 2.47. The van der Waals surface area contributed by atoms with Crippen LogP contribution in [0.4, 0.5) is 0 Å². The molecule has 2 aliphatic rings. The van der Waals surface area contributed by atoms with Gasteiger partial charge in [-0.3, -0.25) is 9.59 Å². The van der Waals surface area contributed by atoms with Crippen LogP contribution in [0, 0.1) is 5.92 Å². The molecule has 2 N–H and O–H groups in total. The molecule has 1 fully saturated rings. The van der Waals surface area contributed by atoms with E-state index in [1.807, 2.05) is 18.2 Å². The van der Waals surface area contributed by atoms with Crippen molar-refractivity contribution in [1.29, 1.82) is 0 Å². The number of oxime groups is 1. The van der Waals surface area contributed by atoms with Gasteiger partial charge in [-0.25, -0.2) is 0 Å². The maximum absolute atomic E-state index is 12.3. The lowest BCUT2D eigenvalue weighted by Crippen LogP contribution is -2.30. The molecule has 1 aliphatic heterocycles. The molecule has 128 valence electrons. The number of hydrogen-bond acceptors (Lipinski definition) is 5. The van der Waals surface area contributed by atoms with Gasteiger partial charge in [0.15, 0.2) is 5.84 Å². The first-order valence-corrected chi connectivity index (χ1v) is 7.99. The number of nitrogens with one attached hydrogen (secondary N) is 1. The number of amides is 1. The number of esters is 1. The van der Waals surface area contributed by atoms with Gasteiger partial charge in [-0.1, -0.05) is 23.4 Å². The Labute approximate surface area is 140 Å². The molecule has 3 rings (SSSR count). The third kappa shape index (κ3) is 2.60. The van der Waals surface area contributed by atoms with Gasteiger partial charge < -0.3 is 20.2 Å². The fourth-order valence-corrected chi connectivity index (χ4v) is 3.88. The van der Waals surface area contributed by atoms with E-state index in [1.165, 1.54) is 7.11 Å². The second kappa shape index (κ2) is 6.51. The molecule has 1 heterocycles. The lowest BCUT2D eigenvalue weighted by Gasteiger charge is -2.25. The summed E-state index contributed by atoms with van der Waals surface area (Å²) < 4.78 is 4.68. The lowest BCUT2D eigenvalue weighted by molar-refractivity contribution is -0.141. The Balaban J connectivity index is 1.92. The van der Waals surface area contributed by atoms with Gasteiger partial charge in [-0.2, -0.15) is 0 Å². The van der Waals surface area contributed by atoms with E-state index < -0.39 is 0 Å². The fourth-order valence-electron chi connectivity index (χ4n) is 3.88. The highest BCUT2D eigenvalue weighted by atomic mass is 16.5. The fraction of sp³-hybridized carbons (Fsp3) is 0.471. The molecule has 24 heavy (non-hydrogen) atoms. The van der Waals surface area contributed by atoms with Crippen LogP contribution in [0.3, 0.4) is 0 Å². The zero-order valence-corrected chi connectivity index (χ0v) is 13.8. The van der Waals surface area contributed by atoms with Crippen LogP contribution in [0.1, 0.15) is 35.6 Å². The number of fused-ring (bicyclic) bond motifs is 3. The molecule has 1 aromatic rings. The van der Waals surface area contributed by atoms with E-state index in [-0.39, 0.29) is 30.3 Å². The zero-order chi connectivity index (χ0) is 17.3. The molecule has 0 bridgehead atoms. The van der Waals surface area contributed by atoms with E-state index in [9.17, 15) is 14.8 Å². The number of rotatable bonds is 4. The van der Waals surface area contributed by atoms with E-state index in [2.05, 4.69) is 15.2 Å². The summed E-state index contributed by atoms with van der Waals surface area (Å²) in [5.41, 5.74) is 3.03. The maximum atomic E-state index is 12.3. The van der Waals surface area contributed by atoms with Crippen molar-refractivity contribution < 1.29 is 19.5 Å². The molecule has 0 radical (unpaired) electrons. The molecular weight excluding hydrogens is 310 g/mol.